The highest BCUT2D eigenvalue weighted by Crippen LogP contribution is 2.89. The van der Waals surface area contributed by atoms with Gasteiger partial charge in [0.25, 0.3) is 0 Å². The highest BCUT2D eigenvalue weighted by molar-refractivity contribution is 5.33. The van der Waals surface area contributed by atoms with Gasteiger partial charge in [-0.2, -0.15) is 0 Å². The van der Waals surface area contributed by atoms with Crippen LogP contribution in [0, 0.1) is 56.2 Å². The van der Waals surface area contributed by atoms with Crippen molar-refractivity contribution in [3.05, 3.63) is 0 Å². The molecule has 8 fully saturated rings. The van der Waals surface area contributed by atoms with E-state index in [4.69, 9.17) is 18.9 Å². The number of hydrogen-bond acceptors (Lipinski definition) is 13. The van der Waals surface area contributed by atoms with Gasteiger partial charge in [0.15, 0.2) is 12.6 Å². The van der Waals surface area contributed by atoms with Crippen molar-refractivity contribution in [1.82, 2.24) is 0 Å². The van der Waals surface area contributed by atoms with Crippen LogP contribution in [-0.2, 0) is 18.9 Å². The van der Waals surface area contributed by atoms with Crippen molar-refractivity contribution in [3.63, 3.8) is 0 Å². The summed E-state index contributed by atoms with van der Waals surface area (Å²) < 4.78 is 24.2. The minimum Gasteiger partial charge on any atom is -0.394 e. The molecule has 13 heteroatoms. The fraction of sp³-hybridized carbons (Fsp3) is 1.00. The van der Waals surface area contributed by atoms with Gasteiger partial charge in [0.2, 0.25) is 0 Å². The maximum Gasteiger partial charge on any atom is 0.187 e. The van der Waals surface area contributed by atoms with Crippen LogP contribution in [0.5, 0.6) is 0 Å². The zero-order valence-electron chi connectivity index (χ0n) is 33.9. The van der Waals surface area contributed by atoms with Crippen LogP contribution in [0.4, 0.5) is 0 Å². The van der Waals surface area contributed by atoms with E-state index in [1.54, 1.807) is 0 Å². The lowest BCUT2D eigenvalue weighted by Crippen LogP contribution is -2.64. The minimum absolute atomic E-state index is 0.0601. The number of rotatable bonds is 7. The van der Waals surface area contributed by atoms with Crippen LogP contribution in [-0.4, -0.2) is 138 Å². The molecule has 0 bridgehead atoms. The molecule has 0 aromatic heterocycles. The van der Waals surface area contributed by atoms with E-state index in [2.05, 4.69) is 34.6 Å². The van der Waals surface area contributed by atoms with Gasteiger partial charge in [0, 0.05) is 0 Å². The number of fused-ring (bicyclic) bond motifs is 2. The van der Waals surface area contributed by atoms with E-state index >= 15 is 0 Å². The van der Waals surface area contributed by atoms with E-state index in [-0.39, 0.29) is 57.4 Å². The van der Waals surface area contributed by atoms with Crippen LogP contribution >= 0.6 is 0 Å². The average Bonchev–Trinajstić information content (AvgIpc) is 3.45. The van der Waals surface area contributed by atoms with E-state index in [9.17, 15) is 46.0 Å². The van der Waals surface area contributed by atoms with Crippen LogP contribution in [0.15, 0.2) is 0 Å². The highest BCUT2D eigenvalue weighted by atomic mass is 16.8. The lowest BCUT2D eigenvalue weighted by Gasteiger charge is -2.65. The minimum atomic E-state index is -1.71. The summed E-state index contributed by atoms with van der Waals surface area (Å²) in [5.74, 6) is 0.527. The standard InChI is InChI=1S/C42H70O13/c1-36(2)26(54-35-31(27(47)23(46)18-52-35)55-34-30(50)29(49)28(48)24(17-43)53-34)9-11-42-19-41(42)13-12-39(6)33(38(5)10-8-20(15-38)37(3,4)51)22(45)16-40(39,7)25(41)14-21(44)32(36)42/h20-35,43-51H,8-19H2,1-7H3/t20-,21+,22+,23-,24-,25+,26+,27+,28-,29+,30-,31-,32?,33-,34+,35+,38+,39-,40+,41+,42-/m1/s1. The molecule has 2 spiro atoms. The maximum absolute atomic E-state index is 12.4. The smallest absolute Gasteiger partial charge is 0.187 e. The average molecular weight is 783 g/mol. The molecule has 2 aliphatic heterocycles. The van der Waals surface area contributed by atoms with E-state index in [1.807, 2.05) is 13.8 Å². The second-order valence-corrected chi connectivity index (χ2v) is 21.7. The number of hydrogen-bond donors (Lipinski definition) is 9. The summed E-state index contributed by atoms with van der Waals surface area (Å²) in [6.45, 7) is 14.5. The molecule has 0 aromatic rings. The molecule has 2 heterocycles. The third-order valence-electron chi connectivity index (χ3n) is 18.4. The molecule has 316 valence electrons. The van der Waals surface area contributed by atoms with Crippen LogP contribution < -0.4 is 0 Å². The topological polar surface area (TPSA) is 219 Å². The van der Waals surface area contributed by atoms with Gasteiger partial charge in [-0.05, 0) is 134 Å². The van der Waals surface area contributed by atoms with Crippen molar-refractivity contribution in [3.8, 4) is 0 Å². The Labute approximate surface area is 325 Å². The molecule has 2 saturated heterocycles. The Morgan fingerprint density at radius 1 is 0.691 bits per heavy atom. The van der Waals surface area contributed by atoms with Crippen molar-refractivity contribution < 1.29 is 64.9 Å². The zero-order chi connectivity index (χ0) is 40.1. The van der Waals surface area contributed by atoms with E-state index in [0.29, 0.717) is 12.8 Å². The highest BCUT2D eigenvalue weighted by Gasteiger charge is 2.85. The third kappa shape index (κ3) is 5.72. The largest absolute Gasteiger partial charge is 0.394 e. The monoisotopic (exact) mass is 782 g/mol. The molecular weight excluding hydrogens is 712 g/mol. The number of aliphatic hydroxyl groups excluding tert-OH is 8. The first-order valence-corrected chi connectivity index (χ1v) is 21.2. The van der Waals surface area contributed by atoms with Gasteiger partial charge in [0.05, 0.1) is 37.1 Å². The molecular formula is C42H70O13. The van der Waals surface area contributed by atoms with Gasteiger partial charge >= 0.3 is 0 Å². The Kier molecular flexibility index (Phi) is 9.92. The van der Waals surface area contributed by atoms with E-state index < -0.39 is 91.2 Å². The first kappa shape index (κ1) is 41.2. The second-order valence-electron chi connectivity index (χ2n) is 21.7. The summed E-state index contributed by atoms with van der Waals surface area (Å²) in [7, 11) is 0. The van der Waals surface area contributed by atoms with Crippen molar-refractivity contribution in [2.45, 2.75) is 192 Å². The molecule has 1 unspecified atom stereocenters. The molecule has 8 rings (SSSR count). The van der Waals surface area contributed by atoms with Gasteiger partial charge in [-0.3, -0.25) is 0 Å². The lowest BCUT2D eigenvalue weighted by molar-refractivity contribution is -0.366. The fourth-order valence-electron chi connectivity index (χ4n) is 15.6. The van der Waals surface area contributed by atoms with Crippen molar-refractivity contribution in [2.24, 2.45) is 56.2 Å². The Morgan fingerprint density at radius 2 is 1.40 bits per heavy atom. The molecule has 9 N–H and O–H groups in total. The summed E-state index contributed by atoms with van der Waals surface area (Å²) in [5.41, 5.74) is -1.62. The van der Waals surface area contributed by atoms with Gasteiger partial charge in [-0.15, -0.1) is 0 Å². The van der Waals surface area contributed by atoms with E-state index in [1.165, 1.54) is 0 Å². The molecule has 21 atom stereocenters. The van der Waals surface area contributed by atoms with Gasteiger partial charge < -0.3 is 64.9 Å². The quantitative estimate of drug-likeness (QED) is 0.168. The summed E-state index contributed by atoms with van der Waals surface area (Å²) in [4.78, 5) is 0. The second kappa shape index (κ2) is 13.2. The number of ether oxygens (including phenoxy) is 4. The summed E-state index contributed by atoms with van der Waals surface area (Å²) >= 11 is 0. The third-order valence-corrected chi connectivity index (χ3v) is 18.4. The Hall–Kier alpha value is -0.520. The molecule has 8 aliphatic rings. The normalized spacial score (nSPS) is 58.7. The predicted octanol–water partition coefficient (Wildman–Crippen LogP) is 1.59. The molecule has 0 amide bonds. The lowest BCUT2D eigenvalue weighted by atomic mass is 9.40. The fourth-order valence-corrected chi connectivity index (χ4v) is 15.6. The maximum atomic E-state index is 12.4. The Morgan fingerprint density at radius 3 is 2.05 bits per heavy atom. The number of aliphatic hydroxyl groups is 9. The molecule has 55 heavy (non-hydrogen) atoms. The van der Waals surface area contributed by atoms with Crippen LogP contribution in [0.3, 0.4) is 0 Å². The summed E-state index contributed by atoms with van der Waals surface area (Å²) in [5, 5.41) is 98.2. The molecule has 0 aromatic carbocycles. The van der Waals surface area contributed by atoms with Gasteiger partial charge in [-0.25, -0.2) is 0 Å². The van der Waals surface area contributed by atoms with E-state index in [0.717, 1.165) is 51.4 Å². The Bertz CT molecular complexity index is 1450. The van der Waals surface area contributed by atoms with Crippen LogP contribution in [0.1, 0.15) is 113 Å². The van der Waals surface area contributed by atoms with Crippen LogP contribution in [0.25, 0.3) is 0 Å². The zero-order valence-corrected chi connectivity index (χ0v) is 33.9. The van der Waals surface area contributed by atoms with Crippen molar-refractivity contribution in [1.29, 1.82) is 0 Å². The van der Waals surface area contributed by atoms with Gasteiger partial charge in [0.1, 0.15) is 42.7 Å². The van der Waals surface area contributed by atoms with Crippen molar-refractivity contribution >= 4 is 0 Å². The van der Waals surface area contributed by atoms with Gasteiger partial charge in [-0.1, -0.05) is 34.6 Å². The summed E-state index contributed by atoms with van der Waals surface area (Å²) in [6, 6.07) is 0. The molecule has 6 aliphatic carbocycles. The molecule has 13 nitrogen and oxygen atoms in total. The molecule has 6 saturated carbocycles. The van der Waals surface area contributed by atoms with Crippen LogP contribution in [0.2, 0.25) is 0 Å². The predicted molar refractivity (Wildman–Crippen MR) is 197 cm³/mol. The first-order valence-electron chi connectivity index (χ1n) is 21.2. The first-order chi connectivity index (χ1) is 25.5. The SMILES string of the molecule is CC(C)(O)[C@@H]1CC[C@](C)([C@H]2[C@@H](O)C[C@@]3(C)[C@@H]4C[C@H](O)C5C(C)(C)[C@@H](O[C@@H]6OC[C@@H](O)[C@H](O)[C@H]6O[C@@H]6O[C@H](CO)[C@@H](O)[C@H](O)[C@H]6O)CC[C@@]56C[C@@]46CC[C@]23C)C1. The Balaban J connectivity index is 1.02. The summed E-state index contributed by atoms with van der Waals surface area (Å²) in [6.07, 6.45) is -5.64. The molecule has 0 radical (unpaired) electrons. The van der Waals surface area contributed by atoms with Crippen molar-refractivity contribution in [2.75, 3.05) is 13.2 Å².